The molecule has 1 N–H and O–H groups in total. The topological polar surface area (TPSA) is 41.6 Å². The first-order valence-corrected chi connectivity index (χ1v) is 7.86. The van der Waals surface area contributed by atoms with Crippen molar-refractivity contribution in [2.75, 3.05) is 26.2 Å². The molecule has 0 spiro atoms. The minimum absolute atomic E-state index is 0.146. The van der Waals surface area contributed by atoms with Crippen LogP contribution in [0, 0.1) is 5.92 Å². The number of hydrogen-bond acceptors (Lipinski definition) is 3. The maximum atomic E-state index is 11.9. The van der Waals surface area contributed by atoms with Crippen LogP contribution < -0.4 is 5.32 Å². The lowest BCUT2D eigenvalue weighted by atomic mass is 9.90. The van der Waals surface area contributed by atoms with Crippen molar-refractivity contribution in [1.29, 1.82) is 0 Å². The number of amides is 1. The highest BCUT2D eigenvalue weighted by molar-refractivity contribution is 5.67. The van der Waals surface area contributed by atoms with E-state index in [1.54, 1.807) is 0 Å². The Kier molecular flexibility index (Phi) is 7.87. The van der Waals surface area contributed by atoms with E-state index in [-0.39, 0.29) is 6.09 Å². The van der Waals surface area contributed by atoms with Crippen molar-refractivity contribution in [3.8, 4) is 0 Å². The van der Waals surface area contributed by atoms with Gasteiger partial charge in [-0.15, -0.1) is 0 Å². The Balaban J connectivity index is 2.52. The summed E-state index contributed by atoms with van der Waals surface area (Å²) >= 11 is 0. The van der Waals surface area contributed by atoms with E-state index < -0.39 is 0 Å². The molecule has 0 aliphatic carbocycles. The standard InChI is InChI=1S/C15H30N2O2/c1-4-7-8-13-10-14(16-9-5-2)12-17(11-13)15(18)19-6-3/h13-14,16H,4-12H2,1-3H3. The number of carbonyl (C=O) groups is 1. The summed E-state index contributed by atoms with van der Waals surface area (Å²) in [5, 5.41) is 3.56. The van der Waals surface area contributed by atoms with E-state index in [9.17, 15) is 4.79 Å². The molecule has 4 heteroatoms. The van der Waals surface area contributed by atoms with Crippen LogP contribution in [0.3, 0.4) is 0 Å². The smallest absolute Gasteiger partial charge is 0.409 e. The molecule has 0 radical (unpaired) electrons. The third-order valence-corrected chi connectivity index (χ3v) is 3.71. The minimum atomic E-state index is -0.146. The van der Waals surface area contributed by atoms with Gasteiger partial charge in [-0.2, -0.15) is 0 Å². The zero-order valence-electron chi connectivity index (χ0n) is 12.8. The lowest BCUT2D eigenvalue weighted by Crippen LogP contribution is -2.51. The first-order valence-electron chi connectivity index (χ1n) is 7.86. The van der Waals surface area contributed by atoms with Gasteiger partial charge in [0.05, 0.1) is 6.61 Å². The van der Waals surface area contributed by atoms with Crippen molar-refractivity contribution in [3.05, 3.63) is 0 Å². The molecule has 1 rings (SSSR count). The van der Waals surface area contributed by atoms with Crippen molar-refractivity contribution in [1.82, 2.24) is 10.2 Å². The van der Waals surface area contributed by atoms with E-state index in [1.165, 1.54) is 25.7 Å². The number of piperidine rings is 1. The quantitative estimate of drug-likeness (QED) is 0.773. The fraction of sp³-hybridized carbons (Fsp3) is 0.933. The van der Waals surface area contributed by atoms with Crippen molar-refractivity contribution < 1.29 is 9.53 Å². The molecule has 1 saturated heterocycles. The predicted octanol–water partition coefficient (Wildman–Crippen LogP) is 3.02. The Hall–Kier alpha value is -0.770. The van der Waals surface area contributed by atoms with Gasteiger partial charge in [-0.05, 0) is 38.6 Å². The molecule has 2 atom stereocenters. The molecular weight excluding hydrogens is 240 g/mol. The highest BCUT2D eigenvalue weighted by Crippen LogP contribution is 2.22. The summed E-state index contributed by atoms with van der Waals surface area (Å²) in [6.45, 7) is 9.41. The molecule has 0 bridgehead atoms. The zero-order valence-corrected chi connectivity index (χ0v) is 12.8. The fourth-order valence-electron chi connectivity index (χ4n) is 2.77. The molecule has 0 saturated carbocycles. The molecule has 4 nitrogen and oxygen atoms in total. The van der Waals surface area contributed by atoms with Gasteiger partial charge < -0.3 is 15.0 Å². The fourth-order valence-corrected chi connectivity index (χ4v) is 2.77. The maximum absolute atomic E-state index is 11.9. The number of unbranched alkanes of at least 4 members (excludes halogenated alkanes) is 1. The Morgan fingerprint density at radius 1 is 1.26 bits per heavy atom. The summed E-state index contributed by atoms with van der Waals surface area (Å²) in [7, 11) is 0. The van der Waals surface area contributed by atoms with Crippen LogP contribution in [0.25, 0.3) is 0 Å². The van der Waals surface area contributed by atoms with Crippen molar-refractivity contribution in [2.45, 2.75) is 58.9 Å². The van der Waals surface area contributed by atoms with E-state index in [0.29, 0.717) is 18.6 Å². The Bertz CT molecular complexity index is 243. The first kappa shape index (κ1) is 16.3. The summed E-state index contributed by atoms with van der Waals surface area (Å²) in [6.07, 6.45) is 5.87. The Morgan fingerprint density at radius 3 is 2.68 bits per heavy atom. The summed E-state index contributed by atoms with van der Waals surface area (Å²) < 4.78 is 5.15. The van der Waals surface area contributed by atoms with Gasteiger partial charge >= 0.3 is 6.09 Å². The Morgan fingerprint density at radius 2 is 2.05 bits per heavy atom. The number of carbonyl (C=O) groups excluding carboxylic acids is 1. The van der Waals surface area contributed by atoms with E-state index in [2.05, 4.69) is 19.2 Å². The lowest BCUT2D eigenvalue weighted by Gasteiger charge is -2.37. The zero-order chi connectivity index (χ0) is 14.1. The largest absolute Gasteiger partial charge is 0.450 e. The number of ether oxygens (including phenoxy) is 1. The summed E-state index contributed by atoms with van der Waals surface area (Å²) in [6, 6.07) is 0.431. The van der Waals surface area contributed by atoms with Crippen LogP contribution in [0.2, 0.25) is 0 Å². The number of nitrogens with one attached hydrogen (secondary N) is 1. The number of hydrogen-bond donors (Lipinski definition) is 1. The van der Waals surface area contributed by atoms with Crippen LogP contribution in [-0.4, -0.2) is 43.3 Å². The van der Waals surface area contributed by atoms with E-state index in [1.807, 2.05) is 11.8 Å². The highest BCUT2D eigenvalue weighted by Gasteiger charge is 2.29. The molecular formula is C15H30N2O2. The molecule has 1 aliphatic heterocycles. The third-order valence-electron chi connectivity index (χ3n) is 3.71. The van der Waals surface area contributed by atoms with Gasteiger partial charge in [0.15, 0.2) is 0 Å². The molecule has 1 amide bonds. The van der Waals surface area contributed by atoms with Crippen molar-refractivity contribution in [3.63, 3.8) is 0 Å². The van der Waals surface area contributed by atoms with Gasteiger partial charge in [0.2, 0.25) is 0 Å². The number of nitrogens with zero attached hydrogens (tertiary/aromatic N) is 1. The van der Waals surface area contributed by atoms with Crippen LogP contribution in [0.5, 0.6) is 0 Å². The van der Waals surface area contributed by atoms with E-state index in [0.717, 1.165) is 26.1 Å². The lowest BCUT2D eigenvalue weighted by molar-refractivity contribution is 0.0770. The second-order valence-corrected chi connectivity index (χ2v) is 5.50. The number of rotatable bonds is 7. The third kappa shape index (κ3) is 5.81. The van der Waals surface area contributed by atoms with Crippen LogP contribution >= 0.6 is 0 Å². The molecule has 112 valence electrons. The summed E-state index contributed by atoms with van der Waals surface area (Å²) in [5.74, 6) is 0.618. The van der Waals surface area contributed by atoms with E-state index in [4.69, 9.17) is 4.74 Å². The molecule has 1 fully saturated rings. The van der Waals surface area contributed by atoms with Crippen LogP contribution in [-0.2, 0) is 4.74 Å². The van der Waals surface area contributed by atoms with Gasteiger partial charge in [-0.25, -0.2) is 4.79 Å². The molecule has 19 heavy (non-hydrogen) atoms. The maximum Gasteiger partial charge on any atom is 0.409 e. The second-order valence-electron chi connectivity index (χ2n) is 5.50. The Labute approximate surface area is 117 Å². The van der Waals surface area contributed by atoms with Crippen LogP contribution in [0.1, 0.15) is 52.9 Å². The van der Waals surface area contributed by atoms with Crippen molar-refractivity contribution in [2.24, 2.45) is 5.92 Å². The molecule has 0 aromatic heterocycles. The van der Waals surface area contributed by atoms with Gasteiger partial charge in [0, 0.05) is 19.1 Å². The predicted molar refractivity (Wildman–Crippen MR) is 78.3 cm³/mol. The molecule has 2 unspecified atom stereocenters. The normalized spacial score (nSPS) is 23.4. The average molecular weight is 270 g/mol. The van der Waals surface area contributed by atoms with Gasteiger partial charge in [0.1, 0.15) is 0 Å². The van der Waals surface area contributed by atoms with E-state index >= 15 is 0 Å². The van der Waals surface area contributed by atoms with Gasteiger partial charge in [0.25, 0.3) is 0 Å². The molecule has 1 aliphatic rings. The van der Waals surface area contributed by atoms with Crippen molar-refractivity contribution >= 4 is 6.09 Å². The second kappa shape index (κ2) is 9.18. The minimum Gasteiger partial charge on any atom is -0.450 e. The molecule has 1 heterocycles. The molecule has 0 aromatic rings. The summed E-state index contributed by atoms with van der Waals surface area (Å²) in [4.78, 5) is 13.8. The van der Waals surface area contributed by atoms with Gasteiger partial charge in [-0.3, -0.25) is 0 Å². The monoisotopic (exact) mass is 270 g/mol. The van der Waals surface area contributed by atoms with Gasteiger partial charge in [-0.1, -0.05) is 26.7 Å². The average Bonchev–Trinajstić information content (AvgIpc) is 2.43. The first-order chi connectivity index (χ1) is 9.21. The molecule has 0 aromatic carbocycles. The van der Waals surface area contributed by atoms with Crippen LogP contribution in [0.4, 0.5) is 4.79 Å². The van der Waals surface area contributed by atoms with Crippen LogP contribution in [0.15, 0.2) is 0 Å². The number of likely N-dealkylation sites (tertiary alicyclic amines) is 1. The highest BCUT2D eigenvalue weighted by atomic mass is 16.6. The SMILES string of the molecule is CCCCC1CC(NCCC)CN(C(=O)OCC)C1. The summed E-state index contributed by atoms with van der Waals surface area (Å²) in [5.41, 5.74) is 0.